The number of halogens is 5. The van der Waals surface area contributed by atoms with E-state index in [0.717, 1.165) is 12.1 Å². The van der Waals surface area contributed by atoms with E-state index in [-0.39, 0.29) is 25.3 Å². The quantitative estimate of drug-likeness (QED) is 0.633. The van der Waals surface area contributed by atoms with Crippen molar-refractivity contribution in [3.05, 3.63) is 35.4 Å². The van der Waals surface area contributed by atoms with Gasteiger partial charge in [-0.05, 0) is 6.07 Å². The highest BCUT2D eigenvalue weighted by Gasteiger charge is 2.27. The van der Waals surface area contributed by atoms with Crippen LogP contribution in [0.1, 0.15) is 5.56 Å². The maximum absolute atomic E-state index is 13.1. The Labute approximate surface area is 101 Å². The molecular weight excluding hydrogens is 257 g/mol. The van der Waals surface area contributed by atoms with Gasteiger partial charge in [0.2, 0.25) is 0 Å². The van der Waals surface area contributed by atoms with Crippen LogP contribution < -0.4 is 5.32 Å². The summed E-state index contributed by atoms with van der Waals surface area (Å²) in [5.41, 5.74) is 0.243. The molecule has 0 amide bonds. The molecule has 0 aliphatic carbocycles. The summed E-state index contributed by atoms with van der Waals surface area (Å²) in [4.78, 5) is 0. The van der Waals surface area contributed by atoms with Crippen molar-refractivity contribution in [1.29, 1.82) is 0 Å². The topological polar surface area (TPSA) is 21.3 Å². The average Bonchev–Trinajstić information content (AvgIpc) is 2.24. The first kappa shape index (κ1) is 14.8. The average molecular weight is 269 g/mol. The second kappa shape index (κ2) is 6.65. The lowest BCUT2D eigenvalue weighted by Gasteiger charge is -2.08. The van der Waals surface area contributed by atoms with Crippen molar-refractivity contribution in [2.24, 2.45) is 0 Å². The molecule has 102 valence electrons. The summed E-state index contributed by atoms with van der Waals surface area (Å²) in [6.45, 7) is -1.20. The van der Waals surface area contributed by atoms with Crippen molar-refractivity contribution < 1.29 is 26.7 Å². The Morgan fingerprint density at radius 2 is 1.89 bits per heavy atom. The molecule has 0 aliphatic heterocycles. The van der Waals surface area contributed by atoms with Crippen LogP contribution in [-0.2, 0) is 11.3 Å². The van der Waals surface area contributed by atoms with Crippen LogP contribution in [0.15, 0.2) is 18.2 Å². The largest absolute Gasteiger partial charge is 0.411 e. The summed E-state index contributed by atoms with van der Waals surface area (Å²) in [5.74, 6) is -1.37. The second-order valence-corrected chi connectivity index (χ2v) is 3.58. The molecule has 18 heavy (non-hydrogen) atoms. The van der Waals surface area contributed by atoms with Gasteiger partial charge in [-0.15, -0.1) is 0 Å². The molecule has 1 N–H and O–H groups in total. The summed E-state index contributed by atoms with van der Waals surface area (Å²) in [5, 5.41) is 2.69. The zero-order chi connectivity index (χ0) is 13.6. The molecule has 0 saturated carbocycles. The predicted molar refractivity (Wildman–Crippen MR) is 54.9 cm³/mol. The number of hydrogen-bond donors (Lipinski definition) is 1. The highest BCUT2D eigenvalue weighted by molar-refractivity contribution is 5.18. The molecule has 1 aromatic rings. The minimum Gasteiger partial charge on any atom is -0.371 e. The van der Waals surface area contributed by atoms with Crippen LogP contribution in [0, 0.1) is 11.6 Å². The van der Waals surface area contributed by atoms with Gasteiger partial charge in [-0.2, -0.15) is 13.2 Å². The molecule has 0 unspecified atom stereocenters. The molecule has 2 nitrogen and oxygen atoms in total. The Bertz CT molecular complexity index is 380. The van der Waals surface area contributed by atoms with E-state index in [4.69, 9.17) is 0 Å². The van der Waals surface area contributed by atoms with Crippen LogP contribution in [0.2, 0.25) is 0 Å². The van der Waals surface area contributed by atoms with Gasteiger partial charge < -0.3 is 10.1 Å². The molecule has 0 saturated heterocycles. The SMILES string of the molecule is Fc1ccc(CNCCOCC(F)(F)F)c(F)c1. The molecule has 0 fully saturated rings. The van der Waals surface area contributed by atoms with Crippen LogP contribution in [-0.4, -0.2) is 25.9 Å². The Morgan fingerprint density at radius 1 is 1.17 bits per heavy atom. The number of benzene rings is 1. The molecule has 0 aromatic heterocycles. The minimum absolute atomic E-state index is 0.0987. The molecule has 0 atom stereocenters. The summed E-state index contributed by atoms with van der Waals surface area (Å²) in [7, 11) is 0. The lowest BCUT2D eigenvalue weighted by Crippen LogP contribution is -2.24. The van der Waals surface area contributed by atoms with Crippen molar-refractivity contribution in [1.82, 2.24) is 5.32 Å². The first-order valence-electron chi connectivity index (χ1n) is 5.17. The number of ether oxygens (including phenoxy) is 1. The Balaban J connectivity index is 2.18. The van der Waals surface area contributed by atoms with Gasteiger partial charge in [-0.25, -0.2) is 8.78 Å². The van der Waals surface area contributed by atoms with Gasteiger partial charge in [0.15, 0.2) is 0 Å². The van der Waals surface area contributed by atoms with E-state index in [9.17, 15) is 22.0 Å². The maximum atomic E-state index is 13.1. The number of hydrogen-bond acceptors (Lipinski definition) is 2. The third-order valence-electron chi connectivity index (χ3n) is 2.02. The molecular formula is C11H12F5NO. The monoisotopic (exact) mass is 269 g/mol. The van der Waals surface area contributed by atoms with Crippen molar-refractivity contribution in [3.8, 4) is 0 Å². The zero-order valence-electron chi connectivity index (χ0n) is 9.36. The molecule has 1 rings (SSSR count). The van der Waals surface area contributed by atoms with E-state index < -0.39 is 24.4 Å². The maximum Gasteiger partial charge on any atom is 0.411 e. The fourth-order valence-electron chi connectivity index (χ4n) is 1.22. The standard InChI is InChI=1S/C11H12F5NO/c12-9-2-1-8(10(13)5-9)6-17-3-4-18-7-11(14,15)16/h1-2,5,17H,3-4,6-7H2. The molecule has 0 aliphatic rings. The first-order valence-corrected chi connectivity index (χ1v) is 5.17. The highest BCUT2D eigenvalue weighted by atomic mass is 19.4. The van der Waals surface area contributed by atoms with E-state index in [1.807, 2.05) is 0 Å². The fourth-order valence-corrected chi connectivity index (χ4v) is 1.22. The van der Waals surface area contributed by atoms with Crippen LogP contribution in [0.25, 0.3) is 0 Å². The van der Waals surface area contributed by atoms with Crippen molar-refractivity contribution in [2.45, 2.75) is 12.7 Å². The summed E-state index contributed by atoms with van der Waals surface area (Å²) in [6, 6.07) is 3.13. The Hall–Kier alpha value is -1.21. The van der Waals surface area contributed by atoms with Crippen molar-refractivity contribution >= 4 is 0 Å². The molecule has 7 heteroatoms. The molecule has 0 radical (unpaired) electrons. The van der Waals surface area contributed by atoms with Crippen LogP contribution in [0.3, 0.4) is 0 Å². The van der Waals surface area contributed by atoms with E-state index >= 15 is 0 Å². The summed E-state index contributed by atoms with van der Waals surface area (Å²) in [6.07, 6.45) is -4.34. The second-order valence-electron chi connectivity index (χ2n) is 3.58. The zero-order valence-corrected chi connectivity index (χ0v) is 9.36. The van der Waals surface area contributed by atoms with Gasteiger partial charge in [0, 0.05) is 24.7 Å². The summed E-state index contributed by atoms with van der Waals surface area (Å²) < 4.78 is 65.1. The Morgan fingerprint density at radius 3 is 2.50 bits per heavy atom. The lowest BCUT2D eigenvalue weighted by molar-refractivity contribution is -0.173. The van der Waals surface area contributed by atoms with Crippen molar-refractivity contribution in [3.63, 3.8) is 0 Å². The third kappa shape index (κ3) is 5.92. The van der Waals surface area contributed by atoms with E-state index in [1.54, 1.807) is 0 Å². The Kier molecular flexibility index (Phi) is 5.49. The molecule has 0 spiro atoms. The third-order valence-corrected chi connectivity index (χ3v) is 2.02. The molecule has 0 bridgehead atoms. The fraction of sp³-hybridized carbons (Fsp3) is 0.455. The minimum atomic E-state index is -4.34. The van der Waals surface area contributed by atoms with Gasteiger partial charge in [-0.3, -0.25) is 0 Å². The number of rotatable bonds is 6. The van der Waals surface area contributed by atoms with Crippen LogP contribution >= 0.6 is 0 Å². The number of nitrogens with one attached hydrogen (secondary N) is 1. The van der Waals surface area contributed by atoms with Gasteiger partial charge >= 0.3 is 6.18 Å². The van der Waals surface area contributed by atoms with E-state index in [2.05, 4.69) is 10.1 Å². The lowest BCUT2D eigenvalue weighted by atomic mass is 10.2. The van der Waals surface area contributed by atoms with Gasteiger partial charge in [-0.1, -0.05) is 6.07 Å². The van der Waals surface area contributed by atoms with Gasteiger partial charge in [0.1, 0.15) is 18.2 Å². The van der Waals surface area contributed by atoms with Gasteiger partial charge in [0.25, 0.3) is 0 Å². The first-order chi connectivity index (χ1) is 8.38. The molecule has 0 heterocycles. The van der Waals surface area contributed by atoms with E-state index in [1.165, 1.54) is 6.07 Å². The summed E-state index contributed by atoms with van der Waals surface area (Å²) >= 11 is 0. The van der Waals surface area contributed by atoms with Gasteiger partial charge in [0.05, 0.1) is 6.61 Å². The predicted octanol–water partition coefficient (Wildman–Crippen LogP) is 2.63. The number of alkyl halides is 3. The highest BCUT2D eigenvalue weighted by Crippen LogP contribution is 2.14. The molecule has 1 aromatic carbocycles. The van der Waals surface area contributed by atoms with Crippen LogP contribution in [0.5, 0.6) is 0 Å². The smallest absolute Gasteiger partial charge is 0.371 e. The normalized spacial score (nSPS) is 11.8. The van der Waals surface area contributed by atoms with E-state index in [0.29, 0.717) is 0 Å². The van der Waals surface area contributed by atoms with Crippen molar-refractivity contribution in [2.75, 3.05) is 19.8 Å². The van der Waals surface area contributed by atoms with Crippen LogP contribution in [0.4, 0.5) is 22.0 Å².